The molecule has 0 saturated carbocycles. The first-order valence-electron chi connectivity index (χ1n) is 15.5. The topological polar surface area (TPSA) is 107 Å². The van der Waals surface area contributed by atoms with E-state index < -0.39 is 17.8 Å². The lowest BCUT2D eigenvalue weighted by atomic mass is 9.82. The molecular formula is C36H37NO7. The van der Waals surface area contributed by atoms with Crippen LogP contribution >= 0.6 is 0 Å². The van der Waals surface area contributed by atoms with Gasteiger partial charge in [0.2, 0.25) is 0 Å². The van der Waals surface area contributed by atoms with Gasteiger partial charge in [0.1, 0.15) is 12.4 Å². The average molecular weight is 596 g/mol. The SMILES string of the molecule is O=C(CCCCCCCCCCc1ccc2c(c1OCc1ccccc1)C(=O)c1ccccc1C2=O)ON1C(=O)CCC1=O. The van der Waals surface area contributed by atoms with Gasteiger partial charge in [-0.2, -0.15) is 0 Å². The zero-order chi connectivity index (χ0) is 30.9. The maximum Gasteiger partial charge on any atom is 0.333 e. The molecule has 0 radical (unpaired) electrons. The standard InChI is InChI=1S/C36H37NO7/c38-30-22-23-31(39)37(30)44-32(40)19-11-6-4-2-1-3-5-10-16-26-20-21-29-33(36(26)43-24-25-14-8-7-9-15-25)35(42)28-18-13-12-17-27(28)34(29)41/h7-9,12-15,17-18,20-21H,1-6,10-11,16,19,22-24H2. The van der Waals surface area contributed by atoms with Crippen LogP contribution in [0.2, 0.25) is 0 Å². The summed E-state index contributed by atoms with van der Waals surface area (Å²) in [5, 5.41) is 0.598. The van der Waals surface area contributed by atoms with E-state index >= 15 is 0 Å². The van der Waals surface area contributed by atoms with Crippen LogP contribution < -0.4 is 4.74 Å². The minimum atomic E-state index is -0.543. The largest absolute Gasteiger partial charge is 0.488 e. The highest BCUT2D eigenvalue weighted by Crippen LogP contribution is 2.37. The number of nitrogens with zero attached hydrogens (tertiary/aromatic N) is 1. The first kappa shape index (κ1) is 30.9. The van der Waals surface area contributed by atoms with Gasteiger partial charge in [-0.1, -0.05) is 99.2 Å². The summed E-state index contributed by atoms with van der Waals surface area (Å²) in [6, 6.07) is 20.4. The summed E-state index contributed by atoms with van der Waals surface area (Å²) in [7, 11) is 0. The van der Waals surface area contributed by atoms with E-state index in [4.69, 9.17) is 9.57 Å². The molecule has 3 aromatic carbocycles. The molecule has 5 rings (SSSR count). The van der Waals surface area contributed by atoms with Gasteiger partial charge < -0.3 is 9.57 Å². The molecule has 8 heteroatoms. The van der Waals surface area contributed by atoms with Crippen molar-refractivity contribution in [3.63, 3.8) is 0 Å². The molecule has 8 nitrogen and oxygen atoms in total. The van der Waals surface area contributed by atoms with Crippen LogP contribution in [0.1, 0.15) is 114 Å². The highest BCUT2D eigenvalue weighted by atomic mass is 16.7. The monoisotopic (exact) mass is 595 g/mol. The number of rotatable bonds is 15. The van der Waals surface area contributed by atoms with Gasteiger partial charge in [0.25, 0.3) is 11.8 Å². The first-order chi connectivity index (χ1) is 21.4. The fourth-order valence-electron chi connectivity index (χ4n) is 5.74. The van der Waals surface area contributed by atoms with E-state index in [1.54, 1.807) is 30.3 Å². The van der Waals surface area contributed by atoms with Crippen LogP contribution in [0.3, 0.4) is 0 Å². The predicted molar refractivity (Wildman–Crippen MR) is 163 cm³/mol. The van der Waals surface area contributed by atoms with Crippen LogP contribution in [0, 0.1) is 0 Å². The van der Waals surface area contributed by atoms with Crippen molar-refractivity contribution in [2.24, 2.45) is 0 Å². The Hall–Kier alpha value is -4.59. The average Bonchev–Trinajstić information content (AvgIpc) is 3.36. The molecule has 1 aliphatic carbocycles. The molecule has 1 fully saturated rings. The summed E-state index contributed by atoms with van der Waals surface area (Å²) in [5.74, 6) is -1.28. The second-order valence-electron chi connectivity index (χ2n) is 11.3. The number of amides is 2. The van der Waals surface area contributed by atoms with Crippen molar-refractivity contribution in [3.8, 4) is 5.75 Å². The van der Waals surface area contributed by atoms with E-state index in [0.29, 0.717) is 46.1 Å². The van der Waals surface area contributed by atoms with E-state index in [-0.39, 0.29) is 30.8 Å². The molecule has 1 aliphatic heterocycles. The number of carbonyl (C=O) groups is 5. The fourth-order valence-corrected chi connectivity index (χ4v) is 5.74. The molecule has 2 aliphatic rings. The molecule has 0 aromatic heterocycles. The van der Waals surface area contributed by atoms with Gasteiger partial charge >= 0.3 is 5.97 Å². The molecule has 0 spiro atoms. The second-order valence-corrected chi connectivity index (χ2v) is 11.3. The third-order valence-corrected chi connectivity index (χ3v) is 8.13. The van der Waals surface area contributed by atoms with Gasteiger partial charge in [-0.05, 0) is 36.5 Å². The lowest BCUT2D eigenvalue weighted by molar-refractivity contribution is -0.197. The molecule has 1 heterocycles. The Kier molecular flexibility index (Phi) is 10.3. The number of unbranched alkanes of at least 4 members (excludes halogenated alkanes) is 7. The van der Waals surface area contributed by atoms with Crippen LogP contribution in [0.4, 0.5) is 0 Å². The number of ketones is 2. The molecule has 0 atom stereocenters. The minimum Gasteiger partial charge on any atom is -0.488 e. The number of imide groups is 1. The third kappa shape index (κ3) is 7.30. The van der Waals surface area contributed by atoms with Crippen molar-refractivity contribution in [2.45, 2.75) is 83.7 Å². The lowest BCUT2D eigenvalue weighted by Crippen LogP contribution is -2.31. The number of benzene rings is 3. The van der Waals surface area contributed by atoms with Crippen molar-refractivity contribution in [2.75, 3.05) is 0 Å². The number of aryl methyl sites for hydroxylation is 1. The normalized spacial score (nSPS) is 14.0. The summed E-state index contributed by atoms with van der Waals surface area (Å²) in [4.78, 5) is 66.8. The Bertz CT molecular complexity index is 1530. The maximum absolute atomic E-state index is 13.6. The lowest BCUT2D eigenvalue weighted by Gasteiger charge is -2.22. The van der Waals surface area contributed by atoms with Crippen LogP contribution in [0.5, 0.6) is 5.75 Å². The van der Waals surface area contributed by atoms with E-state index in [1.165, 1.54) is 0 Å². The second kappa shape index (κ2) is 14.7. The maximum atomic E-state index is 13.6. The highest BCUT2D eigenvalue weighted by Gasteiger charge is 2.34. The molecule has 2 amide bonds. The van der Waals surface area contributed by atoms with Crippen LogP contribution in [0.25, 0.3) is 0 Å². The number of fused-ring (bicyclic) bond motifs is 2. The van der Waals surface area contributed by atoms with Gasteiger partial charge in [0, 0.05) is 36.0 Å². The Labute approximate surface area is 257 Å². The molecule has 44 heavy (non-hydrogen) atoms. The van der Waals surface area contributed by atoms with E-state index in [0.717, 1.165) is 62.5 Å². The zero-order valence-electron chi connectivity index (χ0n) is 24.8. The van der Waals surface area contributed by atoms with Crippen molar-refractivity contribution in [3.05, 3.63) is 100 Å². The Morgan fingerprint density at radius 1 is 0.636 bits per heavy atom. The molecule has 0 bridgehead atoms. The van der Waals surface area contributed by atoms with Crippen LogP contribution in [-0.4, -0.2) is 34.4 Å². The third-order valence-electron chi connectivity index (χ3n) is 8.13. The molecule has 1 saturated heterocycles. The van der Waals surface area contributed by atoms with Crippen LogP contribution in [0.15, 0.2) is 66.7 Å². The van der Waals surface area contributed by atoms with E-state index in [2.05, 4.69) is 0 Å². The van der Waals surface area contributed by atoms with Gasteiger partial charge in [-0.15, -0.1) is 5.06 Å². The molecule has 0 unspecified atom stereocenters. The van der Waals surface area contributed by atoms with Crippen LogP contribution in [-0.2, 0) is 32.2 Å². The fraction of sp³-hybridized carbons (Fsp3) is 0.361. The Balaban J connectivity index is 1.09. The Morgan fingerprint density at radius 2 is 1.23 bits per heavy atom. The van der Waals surface area contributed by atoms with E-state index in [9.17, 15) is 24.0 Å². The number of hydrogen-bond acceptors (Lipinski definition) is 7. The van der Waals surface area contributed by atoms with Crippen molar-refractivity contribution in [1.29, 1.82) is 0 Å². The van der Waals surface area contributed by atoms with Crippen molar-refractivity contribution >= 4 is 29.4 Å². The predicted octanol–water partition coefficient (Wildman–Crippen LogP) is 6.70. The quantitative estimate of drug-likeness (QED) is 0.111. The number of ether oxygens (including phenoxy) is 1. The van der Waals surface area contributed by atoms with Gasteiger partial charge in [0.05, 0.1) is 5.56 Å². The molecule has 3 aromatic rings. The summed E-state index contributed by atoms with van der Waals surface area (Å²) in [5.41, 5.74) is 3.53. The summed E-state index contributed by atoms with van der Waals surface area (Å²) < 4.78 is 6.31. The van der Waals surface area contributed by atoms with Crippen molar-refractivity contribution < 1.29 is 33.5 Å². The number of hydrogen-bond donors (Lipinski definition) is 0. The smallest absolute Gasteiger partial charge is 0.333 e. The number of hydroxylamine groups is 2. The van der Waals surface area contributed by atoms with Gasteiger partial charge in [-0.25, -0.2) is 4.79 Å². The zero-order valence-corrected chi connectivity index (χ0v) is 24.8. The molecule has 228 valence electrons. The molecular weight excluding hydrogens is 558 g/mol. The summed E-state index contributed by atoms with van der Waals surface area (Å²) >= 11 is 0. The van der Waals surface area contributed by atoms with Gasteiger partial charge in [0.15, 0.2) is 11.6 Å². The Morgan fingerprint density at radius 3 is 1.91 bits per heavy atom. The highest BCUT2D eigenvalue weighted by molar-refractivity contribution is 6.29. The van der Waals surface area contributed by atoms with Crippen molar-refractivity contribution in [1.82, 2.24) is 5.06 Å². The minimum absolute atomic E-state index is 0.0956. The van der Waals surface area contributed by atoms with E-state index in [1.807, 2.05) is 36.4 Å². The summed E-state index contributed by atoms with van der Waals surface area (Å²) in [6.45, 7) is 0.305. The first-order valence-corrected chi connectivity index (χ1v) is 15.5. The molecule has 0 N–H and O–H groups in total. The summed E-state index contributed by atoms with van der Waals surface area (Å²) in [6.07, 6.45) is 8.80. The number of carbonyl (C=O) groups excluding carboxylic acids is 5. The van der Waals surface area contributed by atoms with Gasteiger partial charge in [-0.3, -0.25) is 19.2 Å².